The van der Waals surface area contributed by atoms with E-state index in [9.17, 15) is 14.4 Å². The Kier molecular flexibility index (Phi) is 4.29. The second kappa shape index (κ2) is 6.37. The molecule has 0 aliphatic heterocycles. The first-order valence-corrected chi connectivity index (χ1v) is 7.80. The fraction of sp³-hybridized carbons (Fsp3) is 0.438. The third kappa shape index (κ3) is 3.50. The number of carbonyl (C=O) groups excluding carboxylic acids is 1. The van der Waals surface area contributed by atoms with Gasteiger partial charge in [-0.1, -0.05) is 12.1 Å². The predicted octanol–water partition coefficient (Wildman–Crippen LogP) is -0.0666. The third-order valence-corrected chi connectivity index (χ3v) is 4.23. The van der Waals surface area contributed by atoms with Gasteiger partial charge in [0.25, 0.3) is 5.56 Å². The lowest BCUT2D eigenvalue weighted by molar-refractivity contribution is -0.121. The molecule has 1 amide bonds. The lowest BCUT2D eigenvalue weighted by atomic mass is 10.2. The van der Waals surface area contributed by atoms with Crippen LogP contribution in [0.4, 0.5) is 0 Å². The van der Waals surface area contributed by atoms with Crippen LogP contribution in [-0.2, 0) is 11.3 Å². The van der Waals surface area contributed by atoms with Crippen LogP contribution in [-0.4, -0.2) is 28.0 Å². The Labute approximate surface area is 132 Å². The number of carbonyl (C=O) groups is 1. The lowest BCUT2D eigenvalue weighted by Gasteiger charge is -2.12. The van der Waals surface area contributed by atoms with Crippen molar-refractivity contribution in [2.75, 3.05) is 6.54 Å². The van der Waals surface area contributed by atoms with E-state index in [0.717, 1.165) is 12.8 Å². The van der Waals surface area contributed by atoms with Gasteiger partial charge < -0.3 is 11.1 Å². The van der Waals surface area contributed by atoms with Crippen LogP contribution in [0.15, 0.2) is 33.9 Å². The SMILES string of the molecule is NC(CNC(=O)CCn1c(=O)[nH]c(=O)c2ccccc21)C1CC1. The lowest BCUT2D eigenvalue weighted by Crippen LogP contribution is -2.39. The first-order valence-electron chi connectivity index (χ1n) is 7.80. The normalized spacial score (nSPS) is 15.5. The molecular weight excluding hydrogens is 296 g/mol. The molecule has 1 aliphatic rings. The highest BCUT2D eigenvalue weighted by Gasteiger charge is 2.28. The van der Waals surface area contributed by atoms with E-state index in [0.29, 0.717) is 23.4 Å². The summed E-state index contributed by atoms with van der Waals surface area (Å²) in [4.78, 5) is 38.0. The molecule has 4 N–H and O–H groups in total. The average molecular weight is 316 g/mol. The topological polar surface area (TPSA) is 110 Å². The number of para-hydroxylation sites is 1. The van der Waals surface area contributed by atoms with E-state index in [2.05, 4.69) is 10.3 Å². The van der Waals surface area contributed by atoms with Crippen molar-refractivity contribution in [2.24, 2.45) is 11.7 Å². The van der Waals surface area contributed by atoms with E-state index in [1.54, 1.807) is 24.3 Å². The van der Waals surface area contributed by atoms with Gasteiger partial charge in [0.1, 0.15) is 0 Å². The number of nitrogens with one attached hydrogen (secondary N) is 2. The van der Waals surface area contributed by atoms with Crippen molar-refractivity contribution in [2.45, 2.75) is 31.8 Å². The molecule has 1 fully saturated rings. The Hall–Kier alpha value is -2.41. The van der Waals surface area contributed by atoms with Crippen LogP contribution in [0.25, 0.3) is 10.9 Å². The maximum absolute atomic E-state index is 12.0. The first kappa shape index (κ1) is 15.5. The fourth-order valence-electron chi connectivity index (χ4n) is 2.69. The monoisotopic (exact) mass is 316 g/mol. The summed E-state index contributed by atoms with van der Waals surface area (Å²) in [5.74, 6) is 0.379. The highest BCUT2D eigenvalue weighted by molar-refractivity contribution is 5.78. The minimum atomic E-state index is -0.504. The number of nitrogens with zero attached hydrogens (tertiary/aromatic N) is 1. The summed E-state index contributed by atoms with van der Waals surface area (Å²) < 4.78 is 1.41. The van der Waals surface area contributed by atoms with Gasteiger partial charge in [-0.25, -0.2) is 4.79 Å². The smallest absolute Gasteiger partial charge is 0.328 e. The molecule has 2 aromatic rings. The number of H-pyrrole nitrogens is 1. The van der Waals surface area contributed by atoms with E-state index < -0.39 is 11.2 Å². The quantitative estimate of drug-likeness (QED) is 0.693. The van der Waals surface area contributed by atoms with E-state index in [-0.39, 0.29) is 24.9 Å². The molecule has 23 heavy (non-hydrogen) atoms. The standard InChI is InChI=1S/C16H20N4O3/c17-12(10-5-6-10)9-18-14(21)7-8-20-13-4-2-1-3-11(13)15(22)19-16(20)23/h1-4,10,12H,5-9,17H2,(H,18,21)(H,19,22,23). The number of fused-ring (bicyclic) bond motifs is 1. The number of amides is 1. The van der Waals surface area contributed by atoms with Crippen molar-refractivity contribution >= 4 is 16.8 Å². The van der Waals surface area contributed by atoms with Crippen molar-refractivity contribution in [3.63, 3.8) is 0 Å². The van der Waals surface area contributed by atoms with Gasteiger partial charge in [-0.15, -0.1) is 0 Å². The number of nitrogens with two attached hydrogens (primary N) is 1. The number of aromatic amines is 1. The maximum Gasteiger partial charge on any atom is 0.328 e. The summed E-state index contributed by atoms with van der Waals surface area (Å²) in [7, 11) is 0. The Balaban J connectivity index is 1.68. The molecule has 0 radical (unpaired) electrons. The van der Waals surface area contributed by atoms with Crippen LogP contribution in [0.1, 0.15) is 19.3 Å². The van der Waals surface area contributed by atoms with Crippen molar-refractivity contribution in [1.82, 2.24) is 14.9 Å². The molecule has 7 nitrogen and oxygen atoms in total. The molecule has 7 heteroatoms. The van der Waals surface area contributed by atoms with Gasteiger partial charge in [0, 0.05) is 25.6 Å². The Morgan fingerprint density at radius 3 is 2.83 bits per heavy atom. The highest BCUT2D eigenvalue weighted by atomic mass is 16.2. The van der Waals surface area contributed by atoms with Crippen LogP contribution in [0.3, 0.4) is 0 Å². The van der Waals surface area contributed by atoms with Gasteiger partial charge in [0.05, 0.1) is 10.9 Å². The number of aromatic nitrogens is 2. The number of aryl methyl sites for hydroxylation is 1. The zero-order valence-electron chi connectivity index (χ0n) is 12.7. The van der Waals surface area contributed by atoms with E-state index in [4.69, 9.17) is 5.73 Å². The minimum absolute atomic E-state index is 0.00980. The molecule has 1 atom stereocenters. The van der Waals surface area contributed by atoms with Gasteiger partial charge >= 0.3 is 5.69 Å². The summed E-state index contributed by atoms with van der Waals surface area (Å²) in [5, 5.41) is 3.24. The van der Waals surface area contributed by atoms with Gasteiger partial charge in [-0.3, -0.25) is 19.1 Å². The largest absolute Gasteiger partial charge is 0.354 e. The number of rotatable bonds is 6. The van der Waals surface area contributed by atoms with Crippen molar-refractivity contribution < 1.29 is 4.79 Å². The van der Waals surface area contributed by atoms with Crippen molar-refractivity contribution in [3.05, 3.63) is 45.1 Å². The molecule has 1 aromatic carbocycles. The second-order valence-corrected chi connectivity index (χ2v) is 5.98. The zero-order valence-corrected chi connectivity index (χ0v) is 12.7. The average Bonchev–Trinajstić information content (AvgIpc) is 3.37. The van der Waals surface area contributed by atoms with E-state index in [1.807, 2.05) is 0 Å². The molecule has 0 spiro atoms. The number of benzene rings is 1. The molecule has 1 unspecified atom stereocenters. The molecular formula is C16H20N4O3. The van der Waals surface area contributed by atoms with Gasteiger partial charge in [-0.2, -0.15) is 0 Å². The Morgan fingerprint density at radius 1 is 1.35 bits per heavy atom. The molecule has 1 heterocycles. The van der Waals surface area contributed by atoms with E-state index in [1.165, 1.54) is 4.57 Å². The van der Waals surface area contributed by atoms with Crippen LogP contribution < -0.4 is 22.3 Å². The first-order chi connectivity index (χ1) is 11.1. The summed E-state index contributed by atoms with van der Waals surface area (Å²) >= 11 is 0. The van der Waals surface area contributed by atoms with Crippen LogP contribution in [0.5, 0.6) is 0 Å². The summed E-state index contributed by atoms with van der Waals surface area (Å²) in [6.45, 7) is 0.672. The molecule has 0 saturated heterocycles. The highest BCUT2D eigenvalue weighted by Crippen LogP contribution is 2.31. The zero-order chi connectivity index (χ0) is 16.4. The molecule has 3 rings (SSSR count). The molecule has 1 saturated carbocycles. The fourth-order valence-corrected chi connectivity index (χ4v) is 2.69. The molecule has 1 aliphatic carbocycles. The van der Waals surface area contributed by atoms with Crippen LogP contribution >= 0.6 is 0 Å². The third-order valence-electron chi connectivity index (χ3n) is 4.23. The molecule has 122 valence electrons. The number of hydrogen-bond donors (Lipinski definition) is 3. The summed E-state index contributed by atoms with van der Waals surface area (Å²) in [6, 6.07) is 6.85. The van der Waals surface area contributed by atoms with Gasteiger partial charge in [0.2, 0.25) is 5.91 Å². The molecule has 1 aromatic heterocycles. The van der Waals surface area contributed by atoms with Gasteiger partial charge in [-0.05, 0) is 30.9 Å². The summed E-state index contributed by atoms with van der Waals surface area (Å²) in [5.41, 5.74) is 5.55. The van der Waals surface area contributed by atoms with Crippen LogP contribution in [0.2, 0.25) is 0 Å². The number of hydrogen-bond acceptors (Lipinski definition) is 4. The van der Waals surface area contributed by atoms with Crippen molar-refractivity contribution in [3.8, 4) is 0 Å². The maximum atomic E-state index is 12.0. The summed E-state index contributed by atoms with van der Waals surface area (Å²) in [6.07, 6.45) is 2.43. The minimum Gasteiger partial charge on any atom is -0.354 e. The van der Waals surface area contributed by atoms with Crippen LogP contribution in [0, 0.1) is 5.92 Å². The second-order valence-electron chi connectivity index (χ2n) is 5.98. The van der Waals surface area contributed by atoms with E-state index >= 15 is 0 Å². The van der Waals surface area contributed by atoms with Crippen molar-refractivity contribution in [1.29, 1.82) is 0 Å². The Bertz CT molecular complexity index is 835. The Morgan fingerprint density at radius 2 is 2.09 bits per heavy atom. The predicted molar refractivity (Wildman–Crippen MR) is 87.2 cm³/mol. The van der Waals surface area contributed by atoms with Gasteiger partial charge in [0.15, 0.2) is 0 Å². The molecule has 0 bridgehead atoms.